The molecule has 0 aliphatic rings. The van der Waals surface area contributed by atoms with Gasteiger partial charge in [-0.15, -0.1) is 11.3 Å². The van der Waals surface area contributed by atoms with E-state index < -0.39 is 27.5 Å². The first-order valence-electron chi connectivity index (χ1n) is 8.83. The van der Waals surface area contributed by atoms with E-state index in [0.29, 0.717) is 16.5 Å². The highest BCUT2D eigenvalue weighted by molar-refractivity contribution is 7.90. The van der Waals surface area contributed by atoms with Crippen LogP contribution < -0.4 is 5.73 Å². The van der Waals surface area contributed by atoms with Gasteiger partial charge in [0, 0.05) is 17.2 Å². The van der Waals surface area contributed by atoms with Crippen molar-refractivity contribution in [3.05, 3.63) is 82.1 Å². The summed E-state index contributed by atoms with van der Waals surface area (Å²) in [4.78, 5) is 5.09. The zero-order valence-corrected chi connectivity index (χ0v) is 18.7. The number of hydrogen-bond acceptors (Lipinski definition) is 5. The van der Waals surface area contributed by atoms with E-state index in [4.69, 9.17) is 17.3 Å². The smallest absolute Gasteiger partial charge is 0.395 e. The Balaban J connectivity index is 2.12. The topological polar surface area (TPSA) is 72.5 Å². The SMILES string of the molecule is CS(=O)(=O)c1cccc(-c2ccc(C(C=C(N)C(F)(F)F)=Nc3cc(F)ccc3Cl)s2)c1. The van der Waals surface area contributed by atoms with Gasteiger partial charge in [-0.1, -0.05) is 23.7 Å². The number of nitrogens with zero attached hydrogens (tertiary/aromatic N) is 1. The van der Waals surface area contributed by atoms with Gasteiger partial charge in [0.2, 0.25) is 0 Å². The van der Waals surface area contributed by atoms with Gasteiger partial charge in [-0.3, -0.25) is 0 Å². The first kappa shape index (κ1) is 24.0. The van der Waals surface area contributed by atoms with Crippen LogP contribution in [0.5, 0.6) is 0 Å². The van der Waals surface area contributed by atoms with Crippen LogP contribution >= 0.6 is 22.9 Å². The van der Waals surface area contributed by atoms with E-state index in [1.165, 1.54) is 24.3 Å². The van der Waals surface area contributed by atoms with E-state index in [1.54, 1.807) is 18.2 Å². The quantitative estimate of drug-likeness (QED) is 0.336. The van der Waals surface area contributed by atoms with Crippen molar-refractivity contribution in [2.24, 2.45) is 10.7 Å². The first-order valence-corrected chi connectivity index (χ1v) is 11.9. The van der Waals surface area contributed by atoms with E-state index in [-0.39, 0.29) is 26.2 Å². The predicted octanol–water partition coefficient (Wildman–Crippen LogP) is 6.14. The van der Waals surface area contributed by atoms with Crippen LogP contribution in [0.15, 0.2) is 76.3 Å². The van der Waals surface area contributed by atoms with Crippen molar-refractivity contribution in [3.63, 3.8) is 0 Å². The molecule has 32 heavy (non-hydrogen) atoms. The van der Waals surface area contributed by atoms with Crippen LogP contribution in [0.25, 0.3) is 10.4 Å². The number of thiophene rings is 1. The lowest BCUT2D eigenvalue weighted by Gasteiger charge is -2.08. The van der Waals surface area contributed by atoms with Gasteiger partial charge in [0.15, 0.2) is 9.84 Å². The lowest BCUT2D eigenvalue weighted by Crippen LogP contribution is -2.20. The van der Waals surface area contributed by atoms with Crippen molar-refractivity contribution in [2.75, 3.05) is 6.26 Å². The Kier molecular flexibility index (Phi) is 6.77. The van der Waals surface area contributed by atoms with Crippen LogP contribution in [-0.2, 0) is 9.84 Å². The molecule has 3 aromatic rings. The fourth-order valence-electron chi connectivity index (χ4n) is 2.60. The van der Waals surface area contributed by atoms with Crippen LogP contribution in [0.1, 0.15) is 4.88 Å². The Morgan fingerprint density at radius 2 is 1.84 bits per heavy atom. The molecule has 1 heterocycles. The second-order valence-corrected chi connectivity index (χ2v) is 10.2. The van der Waals surface area contributed by atoms with Crippen molar-refractivity contribution in [1.82, 2.24) is 0 Å². The van der Waals surface area contributed by atoms with E-state index in [9.17, 15) is 26.0 Å². The van der Waals surface area contributed by atoms with E-state index in [0.717, 1.165) is 29.7 Å². The first-order chi connectivity index (χ1) is 14.8. The lowest BCUT2D eigenvalue weighted by atomic mass is 10.2. The molecule has 11 heteroatoms. The standard InChI is InChI=1S/C21H15ClF4N2O2S2/c1-32(29,30)14-4-2-3-12(9-14)18-7-8-19(31-18)17(11-20(27)21(24,25)26)28-16-10-13(23)5-6-15(16)22/h2-11H,27H2,1H3. The Morgan fingerprint density at radius 3 is 2.50 bits per heavy atom. The molecule has 0 atom stereocenters. The third-order valence-corrected chi connectivity index (χ3v) is 6.76. The Hall–Kier alpha value is -2.69. The number of alkyl halides is 3. The Labute approximate surface area is 190 Å². The number of rotatable bonds is 5. The minimum atomic E-state index is -4.80. The molecule has 0 amide bonds. The summed E-state index contributed by atoms with van der Waals surface area (Å²) in [6.07, 6.45) is -3.08. The molecule has 0 spiro atoms. The Morgan fingerprint density at radius 1 is 1.12 bits per heavy atom. The highest BCUT2D eigenvalue weighted by Crippen LogP contribution is 2.33. The van der Waals surface area contributed by atoms with Crippen LogP contribution in [0.4, 0.5) is 23.2 Å². The van der Waals surface area contributed by atoms with Crippen molar-refractivity contribution >= 4 is 44.2 Å². The van der Waals surface area contributed by atoms with E-state index in [1.807, 2.05) is 0 Å². The molecule has 3 rings (SSSR count). The van der Waals surface area contributed by atoms with Crippen molar-refractivity contribution in [2.45, 2.75) is 11.1 Å². The number of halogens is 5. The van der Waals surface area contributed by atoms with Crippen LogP contribution in [0, 0.1) is 5.82 Å². The average molecular weight is 503 g/mol. The van der Waals surface area contributed by atoms with Crippen molar-refractivity contribution in [1.29, 1.82) is 0 Å². The molecule has 168 valence electrons. The number of benzene rings is 2. The van der Waals surface area contributed by atoms with Crippen molar-refractivity contribution in [3.8, 4) is 10.4 Å². The zero-order chi connectivity index (χ0) is 23.7. The maximum absolute atomic E-state index is 13.6. The van der Waals surface area contributed by atoms with E-state index in [2.05, 4.69) is 4.99 Å². The molecule has 0 saturated heterocycles. The second-order valence-electron chi connectivity index (χ2n) is 6.65. The van der Waals surface area contributed by atoms with E-state index >= 15 is 0 Å². The third-order valence-electron chi connectivity index (χ3n) is 4.17. The summed E-state index contributed by atoms with van der Waals surface area (Å²) in [7, 11) is -3.44. The summed E-state index contributed by atoms with van der Waals surface area (Å²) in [6, 6.07) is 12.6. The normalized spacial score (nSPS) is 13.4. The van der Waals surface area contributed by atoms with Gasteiger partial charge in [-0.25, -0.2) is 17.8 Å². The highest BCUT2D eigenvalue weighted by atomic mass is 35.5. The number of aliphatic imine (C=N–C) groups is 1. The maximum Gasteiger partial charge on any atom is 0.430 e. The largest absolute Gasteiger partial charge is 0.430 e. The molecule has 2 aromatic carbocycles. The molecule has 0 saturated carbocycles. The van der Waals surface area contributed by atoms with Gasteiger partial charge in [0.25, 0.3) is 0 Å². The molecule has 0 bridgehead atoms. The molecular weight excluding hydrogens is 488 g/mol. The van der Waals surface area contributed by atoms with Gasteiger partial charge in [-0.05, 0) is 48.0 Å². The summed E-state index contributed by atoms with van der Waals surface area (Å²) in [5.74, 6) is -0.662. The molecule has 1 aromatic heterocycles. The van der Waals surface area contributed by atoms with Crippen LogP contribution in [0.2, 0.25) is 5.02 Å². The summed E-state index contributed by atoms with van der Waals surface area (Å²) in [5, 5.41) is 0.0421. The molecule has 4 nitrogen and oxygen atoms in total. The highest BCUT2D eigenvalue weighted by Gasteiger charge is 2.32. The molecule has 0 radical (unpaired) electrons. The van der Waals surface area contributed by atoms with Crippen molar-refractivity contribution < 1.29 is 26.0 Å². The summed E-state index contributed by atoms with van der Waals surface area (Å²) >= 11 is 7.08. The minimum absolute atomic E-state index is 0.0421. The zero-order valence-electron chi connectivity index (χ0n) is 16.3. The number of allylic oxidation sites excluding steroid dienone is 2. The molecular formula is C21H15ClF4N2O2S2. The fraction of sp³-hybridized carbons (Fsp3) is 0.0952. The minimum Gasteiger partial charge on any atom is -0.395 e. The predicted molar refractivity (Wildman–Crippen MR) is 119 cm³/mol. The van der Waals surface area contributed by atoms with Gasteiger partial charge in [0.05, 0.1) is 26.2 Å². The lowest BCUT2D eigenvalue weighted by molar-refractivity contribution is -0.0925. The second kappa shape index (κ2) is 9.05. The molecule has 2 N–H and O–H groups in total. The number of sulfone groups is 1. The van der Waals surface area contributed by atoms with Crippen LogP contribution in [0.3, 0.4) is 0 Å². The van der Waals surface area contributed by atoms with Gasteiger partial charge < -0.3 is 5.73 Å². The average Bonchev–Trinajstić information content (AvgIpc) is 3.19. The van der Waals surface area contributed by atoms with Gasteiger partial charge in [-0.2, -0.15) is 13.2 Å². The summed E-state index contributed by atoms with van der Waals surface area (Å²) in [5.41, 5.74) is 4.10. The fourth-order valence-corrected chi connectivity index (χ4v) is 4.39. The number of hydrogen-bond donors (Lipinski definition) is 1. The number of nitrogens with two attached hydrogens (primary N) is 1. The maximum atomic E-state index is 13.6. The molecule has 0 fully saturated rings. The Bertz CT molecular complexity index is 1330. The third kappa shape index (κ3) is 5.76. The molecule has 0 aliphatic carbocycles. The summed E-state index contributed by atoms with van der Waals surface area (Å²) in [6.45, 7) is 0. The van der Waals surface area contributed by atoms with Gasteiger partial charge >= 0.3 is 6.18 Å². The van der Waals surface area contributed by atoms with Gasteiger partial charge in [0.1, 0.15) is 11.5 Å². The van der Waals surface area contributed by atoms with Crippen LogP contribution in [-0.4, -0.2) is 26.6 Å². The monoisotopic (exact) mass is 502 g/mol. The summed E-state index contributed by atoms with van der Waals surface area (Å²) < 4.78 is 76.4. The molecule has 0 aliphatic heterocycles. The molecule has 0 unspecified atom stereocenters.